The first-order valence-electron chi connectivity index (χ1n) is 7.98. The molecule has 4 nitrogen and oxygen atoms in total. The number of hydrogen-bond acceptors (Lipinski definition) is 4. The van der Waals surface area contributed by atoms with Crippen molar-refractivity contribution in [2.45, 2.75) is 0 Å². The highest BCUT2D eigenvalue weighted by Crippen LogP contribution is 2.33. The van der Waals surface area contributed by atoms with Crippen LogP contribution in [0, 0.1) is 34.9 Å². The highest BCUT2D eigenvalue weighted by atomic mass is 19.2. The van der Waals surface area contributed by atoms with Gasteiger partial charge >= 0.3 is 0 Å². The van der Waals surface area contributed by atoms with Gasteiger partial charge in [0.15, 0.2) is 47.3 Å². The van der Waals surface area contributed by atoms with E-state index in [0.717, 1.165) is 6.07 Å². The summed E-state index contributed by atoms with van der Waals surface area (Å²) in [5.41, 5.74) is -1.58. The zero-order valence-electron chi connectivity index (χ0n) is 14.5. The summed E-state index contributed by atoms with van der Waals surface area (Å²) in [4.78, 5) is 21.5. The molecule has 0 aliphatic heterocycles. The molecule has 3 aromatic carbocycles. The molecule has 10 heteroatoms. The number of hydrogen-bond donors (Lipinski definition) is 0. The molecule has 30 heavy (non-hydrogen) atoms. The normalized spacial score (nSPS) is 10.6. The molecule has 0 fully saturated rings. The van der Waals surface area contributed by atoms with E-state index in [4.69, 9.17) is 9.47 Å². The van der Waals surface area contributed by atoms with Crippen molar-refractivity contribution >= 4 is 12.6 Å². The van der Waals surface area contributed by atoms with Gasteiger partial charge in [-0.2, -0.15) is 8.78 Å². The van der Waals surface area contributed by atoms with E-state index >= 15 is 0 Å². The summed E-state index contributed by atoms with van der Waals surface area (Å²) in [6.07, 6.45) is -0.0819. The first-order chi connectivity index (χ1) is 14.3. The van der Waals surface area contributed by atoms with Gasteiger partial charge < -0.3 is 9.47 Å². The number of carbonyl (C=O) groups excluding carboxylic acids is 2. The molecule has 3 rings (SSSR count). The summed E-state index contributed by atoms with van der Waals surface area (Å²) in [5, 5.41) is 0. The lowest BCUT2D eigenvalue weighted by molar-refractivity contribution is 0.111. The maximum atomic E-state index is 13.9. The van der Waals surface area contributed by atoms with Crippen LogP contribution >= 0.6 is 0 Å². The first kappa shape index (κ1) is 20.9. The van der Waals surface area contributed by atoms with E-state index in [-0.39, 0.29) is 24.1 Å². The Kier molecular flexibility index (Phi) is 5.77. The molecule has 154 valence electrons. The summed E-state index contributed by atoms with van der Waals surface area (Å²) < 4.78 is 91.8. The van der Waals surface area contributed by atoms with Crippen LogP contribution in [-0.2, 0) is 0 Å². The summed E-state index contributed by atoms with van der Waals surface area (Å²) >= 11 is 0. The van der Waals surface area contributed by atoms with Gasteiger partial charge in [0, 0.05) is 6.07 Å². The van der Waals surface area contributed by atoms with Crippen LogP contribution in [0.5, 0.6) is 23.0 Å². The van der Waals surface area contributed by atoms with Crippen LogP contribution in [0.3, 0.4) is 0 Å². The van der Waals surface area contributed by atoms with Crippen LogP contribution in [-0.4, -0.2) is 12.6 Å². The second-order valence-corrected chi connectivity index (χ2v) is 5.73. The van der Waals surface area contributed by atoms with Gasteiger partial charge in [-0.1, -0.05) is 6.07 Å². The van der Waals surface area contributed by atoms with E-state index in [1.54, 1.807) is 0 Å². The molecule has 0 atom stereocenters. The number of benzene rings is 3. The SMILES string of the molecule is O=Cc1cc(Oc2cccc(Oc3cc(C=O)c(F)c(F)c3F)c2)c(F)c(F)c1F. The lowest BCUT2D eigenvalue weighted by atomic mass is 10.2. The highest BCUT2D eigenvalue weighted by Gasteiger charge is 2.21. The lowest BCUT2D eigenvalue weighted by Gasteiger charge is -2.12. The fourth-order valence-electron chi connectivity index (χ4n) is 2.37. The first-order valence-corrected chi connectivity index (χ1v) is 7.98. The molecule has 0 bridgehead atoms. The predicted molar refractivity (Wildman–Crippen MR) is 90.0 cm³/mol. The average Bonchev–Trinajstić information content (AvgIpc) is 2.74. The Labute approximate surface area is 164 Å². The Balaban J connectivity index is 1.94. The van der Waals surface area contributed by atoms with Crippen LogP contribution in [0.25, 0.3) is 0 Å². The summed E-state index contributed by atoms with van der Waals surface area (Å²) in [6, 6.07) is 6.00. The van der Waals surface area contributed by atoms with Crippen molar-refractivity contribution in [2.24, 2.45) is 0 Å². The van der Waals surface area contributed by atoms with Gasteiger partial charge in [0.2, 0.25) is 11.6 Å². The molecule has 3 aromatic rings. The summed E-state index contributed by atoms with van der Waals surface area (Å²) in [5.74, 6) is -12.7. The lowest BCUT2D eigenvalue weighted by Crippen LogP contribution is -2.01. The fourth-order valence-corrected chi connectivity index (χ4v) is 2.37. The Bertz CT molecular complexity index is 1080. The van der Waals surface area contributed by atoms with E-state index < -0.39 is 57.5 Å². The van der Waals surface area contributed by atoms with Crippen molar-refractivity contribution in [3.63, 3.8) is 0 Å². The molecule has 0 aliphatic rings. The van der Waals surface area contributed by atoms with Gasteiger partial charge in [-0.15, -0.1) is 0 Å². The third-order valence-electron chi connectivity index (χ3n) is 3.80. The van der Waals surface area contributed by atoms with Crippen molar-refractivity contribution in [1.82, 2.24) is 0 Å². The molecule has 0 amide bonds. The summed E-state index contributed by atoms with van der Waals surface area (Å²) in [6.45, 7) is 0. The van der Waals surface area contributed by atoms with Gasteiger partial charge in [0.25, 0.3) is 0 Å². The van der Waals surface area contributed by atoms with Gasteiger partial charge in [-0.05, 0) is 24.3 Å². The Morgan fingerprint density at radius 3 is 1.33 bits per heavy atom. The molecular formula is C20H8F6O4. The quantitative estimate of drug-likeness (QED) is 0.287. The Morgan fingerprint density at radius 2 is 0.967 bits per heavy atom. The molecule has 0 N–H and O–H groups in total. The summed E-state index contributed by atoms with van der Waals surface area (Å²) in [7, 11) is 0. The van der Waals surface area contributed by atoms with Crippen molar-refractivity contribution in [3.05, 3.63) is 82.4 Å². The van der Waals surface area contributed by atoms with Crippen LogP contribution in [0.1, 0.15) is 20.7 Å². The fraction of sp³-hybridized carbons (Fsp3) is 0. The van der Waals surface area contributed by atoms with Crippen molar-refractivity contribution in [3.8, 4) is 23.0 Å². The number of rotatable bonds is 6. The third kappa shape index (κ3) is 3.84. The minimum Gasteiger partial charge on any atom is -0.454 e. The maximum Gasteiger partial charge on any atom is 0.204 e. The minimum absolute atomic E-state index is 0.0409. The molecule has 0 radical (unpaired) electrons. The van der Waals surface area contributed by atoms with Crippen molar-refractivity contribution < 1.29 is 45.4 Å². The van der Waals surface area contributed by atoms with Crippen molar-refractivity contribution in [2.75, 3.05) is 0 Å². The maximum absolute atomic E-state index is 13.9. The van der Waals surface area contributed by atoms with Gasteiger partial charge in [-0.3, -0.25) is 9.59 Å². The van der Waals surface area contributed by atoms with E-state index in [1.807, 2.05) is 0 Å². The molecule has 0 heterocycles. The molecule has 0 spiro atoms. The molecule has 0 saturated heterocycles. The van der Waals surface area contributed by atoms with Crippen LogP contribution < -0.4 is 9.47 Å². The van der Waals surface area contributed by atoms with Gasteiger partial charge in [0.05, 0.1) is 11.1 Å². The van der Waals surface area contributed by atoms with E-state index in [9.17, 15) is 35.9 Å². The predicted octanol–water partition coefficient (Wildman–Crippen LogP) is 5.73. The molecule has 0 aliphatic carbocycles. The third-order valence-corrected chi connectivity index (χ3v) is 3.80. The van der Waals surface area contributed by atoms with E-state index in [1.165, 1.54) is 18.2 Å². The number of carbonyl (C=O) groups is 2. The Hall–Kier alpha value is -3.82. The zero-order chi connectivity index (χ0) is 22.0. The van der Waals surface area contributed by atoms with Crippen LogP contribution in [0.2, 0.25) is 0 Å². The largest absolute Gasteiger partial charge is 0.454 e. The van der Waals surface area contributed by atoms with E-state index in [0.29, 0.717) is 12.1 Å². The number of halogens is 6. The molecule has 0 unspecified atom stereocenters. The van der Waals surface area contributed by atoms with Crippen LogP contribution in [0.15, 0.2) is 36.4 Å². The number of ether oxygens (including phenoxy) is 2. The smallest absolute Gasteiger partial charge is 0.204 e. The van der Waals surface area contributed by atoms with E-state index in [2.05, 4.69) is 0 Å². The molecule has 0 saturated carbocycles. The molecule has 0 aromatic heterocycles. The highest BCUT2D eigenvalue weighted by molar-refractivity contribution is 5.76. The minimum atomic E-state index is -1.92. The van der Waals surface area contributed by atoms with Crippen molar-refractivity contribution in [1.29, 1.82) is 0 Å². The van der Waals surface area contributed by atoms with Crippen LogP contribution in [0.4, 0.5) is 26.3 Å². The zero-order valence-corrected chi connectivity index (χ0v) is 14.5. The monoisotopic (exact) mass is 426 g/mol. The standard InChI is InChI=1S/C20H8F6O4/c21-15-9(7-27)4-13(17(23)19(15)25)29-11-2-1-3-12(6-11)30-14-5-10(8-28)16(22)20(26)18(14)24/h1-8H. The van der Waals surface area contributed by atoms with Gasteiger partial charge in [0.1, 0.15) is 11.5 Å². The topological polar surface area (TPSA) is 52.6 Å². The second kappa shape index (κ2) is 8.27. The second-order valence-electron chi connectivity index (χ2n) is 5.73. The number of aldehydes is 2. The Morgan fingerprint density at radius 1 is 0.567 bits per heavy atom. The van der Waals surface area contributed by atoms with Gasteiger partial charge in [-0.25, -0.2) is 17.6 Å². The average molecular weight is 426 g/mol. The molecular weight excluding hydrogens is 418 g/mol.